The van der Waals surface area contributed by atoms with E-state index in [4.69, 9.17) is 9.84 Å². The number of ether oxygens (including phenoxy) is 1. The van der Waals surface area contributed by atoms with Crippen molar-refractivity contribution >= 4 is 16.0 Å². The second-order valence-electron chi connectivity index (χ2n) is 4.56. The summed E-state index contributed by atoms with van der Waals surface area (Å²) in [5.74, 6) is -0.413. The summed E-state index contributed by atoms with van der Waals surface area (Å²) in [6.07, 6.45) is -0.232. The van der Waals surface area contributed by atoms with Crippen molar-refractivity contribution in [2.45, 2.75) is 25.2 Å². The number of aliphatic carboxylic acids is 1. The zero-order valence-corrected chi connectivity index (χ0v) is 12.8. The number of hydrogen-bond donors (Lipinski definition) is 1. The van der Waals surface area contributed by atoms with Crippen molar-refractivity contribution in [2.24, 2.45) is 0 Å². The Morgan fingerprint density at radius 3 is 2.40 bits per heavy atom. The van der Waals surface area contributed by atoms with Crippen LogP contribution in [0.5, 0.6) is 5.75 Å². The van der Waals surface area contributed by atoms with Gasteiger partial charge in [0.05, 0.1) is 18.4 Å². The normalized spacial score (nSPS) is 11.7. The van der Waals surface area contributed by atoms with Gasteiger partial charge in [0.2, 0.25) is 10.0 Å². The van der Waals surface area contributed by atoms with Crippen LogP contribution in [0.1, 0.15) is 17.5 Å². The summed E-state index contributed by atoms with van der Waals surface area (Å²) in [7, 11) is -0.803. The zero-order chi connectivity index (χ0) is 15.5. The van der Waals surface area contributed by atoms with E-state index >= 15 is 0 Å². The van der Waals surface area contributed by atoms with Gasteiger partial charge in [-0.05, 0) is 37.1 Å². The molecule has 0 unspecified atom stereocenters. The minimum Gasteiger partial charge on any atom is -0.496 e. The summed E-state index contributed by atoms with van der Waals surface area (Å²) in [6.45, 7) is 3.37. The van der Waals surface area contributed by atoms with Gasteiger partial charge in [-0.1, -0.05) is 0 Å². The first-order chi connectivity index (χ1) is 9.20. The lowest BCUT2D eigenvalue weighted by Crippen LogP contribution is -2.29. The predicted molar refractivity (Wildman–Crippen MR) is 74.5 cm³/mol. The lowest BCUT2D eigenvalue weighted by Gasteiger charge is -2.19. The van der Waals surface area contributed by atoms with Crippen LogP contribution in [-0.2, 0) is 14.8 Å². The maximum atomic E-state index is 12.4. The molecule has 20 heavy (non-hydrogen) atoms. The van der Waals surface area contributed by atoms with E-state index < -0.39 is 16.0 Å². The van der Waals surface area contributed by atoms with Crippen molar-refractivity contribution in [1.82, 2.24) is 4.31 Å². The molecule has 0 bridgehead atoms. The monoisotopic (exact) mass is 301 g/mol. The Hall–Kier alpha value is -1.60. The first kappa shape index (κ1) is 16.5. The molecule has 1 N–H and O–H groups in total. The summed E-state index contributed by atoms with van der Waals surface area (Å²) in [6, 6.07) is 3.20. The highest BCUT2D eigenvalue weighted by Gasteiger charge is 2.24. The van der Waals surface area contributed by atoms with Crippen molar-refractivity contribution in [3.8, 4) is 5.75 Å². The van der Waals surface area contributed by atoms with Gasteiger partial charge in [-0.25, -0.2) is 12.7 Å². The average molecular weight is 301 g/mol. The Morgan fingerprint density at radius 2 is 1.90 bits per heavy atom. The molecule has 1 aromatic rings. The Bertz CT molecular complexity index is 609. The quantitative estimate of drug-likeness (QED) is 0.858. The van der Waals surface area contributed by atoms with Crippen molar-refractivity contribution in [3.05, 3.63) is 23.3 Å². The number of sulfonamides is 1. The van der Waals surface area contributed by atoms with E-state index in [0.29, 0.717) is 16.9 Å². The molecule has 0 aliphatic carbocycles. The van der Waals surface area contributed by atoms with Gasteiger partial charge < -0.3 is 9.84 Å². The highest BCUT2D eigenvalue weighted by Crippen LogP contribution is 2.27. The SMILES string of the molecule is COc1cc(C)c(S(=O)(=O)N(C)CCC(=O)O)cc1C. The fourth-order valence-electron chi connectivity index (χ4n) is 1.80. The van der Waals surface area contributed by atoms with Crippen molar-refractivity contribution in [1.29, 1.82) is 0 Å². The van der Waals surface area contributed by atoms with Gasteiger partial charge in [-0.2, -0.15) is 0 Å². The molecule has 1 aromatic carbocycles. The van der Waals surface area contributed by atoms with Gasteiger partial charge in [-0.3, -0.25) is 4.79 Å². The molecule has 0 aliphatic rings. The molecule has 0 saturated carbocycles. The third-order valence-corrected chi connectivity index (χ3v) is 5.02. The van der Waals surface area contributed by atoms with Gasteiger partial charge >= 0.3 is 5.97 Å². The van der Waals surface area contributed by atoms with Gasteiger partial charge in [0, 0.05) is 13.6 Å². The molecular weight excluding hydrogens is 282 g/mol. The van der Waals surface area contributed by atoms with Crippen LogP contribution in [0.25, 0.3) is 0 Å². The zero-order valence-electron chi connectivity index (χ0n) is 12.0. The molecule has 0 atom stereocenters. The van der Waals surface area contributed by atoms with Gasteiger partial charge in [0.1, 0.15) is 5.75 Å². The molecule has 1 rings (SSSR count). The number of carbonyl (C=O) groups is 1. The Kier molecular flexibility index (Phi) is 5.13. The summed E-state index contributed by atoms with van der Waals surface area (Å²) in [5.41, 5.74) is 1.28. The Labute approximate surface area is 119 Å². The number of hydrogen-bond acceptors (Lipinski definition) is 4. The third kappa shape index (κ3) is 3.49. The molecule has 0 amide bonds. The van der Waals surface area contributed by atoms with E-state index in [0.717, 1.165) is 4.31 Å². The van der Waals surface area contributed by atoms with Crippen LogP contribution < -0.4 is 4.74 Å². The fourth-order valence-corrected chi connectivity index (χ4v) is 3.26. The summed E-state index contributed by atoms with van der Waals surface area (Å²) < 4.78 is 31.0. The topological polar surface area (TPSA) is 83.9 Å². The van der Waals surface area contributed by atoms with Crippen LogP contribution in [0.15, 0.2) is 17.0 Å². The highest BCUT2D eigenvalue weighted by atomic mass is 32.2. The maximum absolute atomic E-state index is 12.4. The van der Waals surface area contributed by atoms with E-state index in [1.807, 2.05) is 0 Å². The molecule has 0 saturated heterocycles. The molecule has 0 fully saturated rings. The standard InChI is InChI=1S/C13H19NO5S/c1-9-8-12(10(2)7-11(9)19-4)20(17,18)14(3)6-5-13(15)16/h7-8H,5-6H2,1-4H3,(H,15,16). The number of carboxylic acids is 1. The number of carboxylic acid groups (broad SMARTS) is 1. The van der Waals surface area contributed by atoms with E-state index in [9.17, 15) is 13.2 Å². The smallest absolute Gasteiger partial charge is 0.304 e. The Morgan fingerprint density at radius 1 is 1.30 bits per heavy atom. The van der Waals surface area contributed by atoms with Gasteiger partial charge in [-0.15, -0.1) is 0 Å². The van der Waals surface area contributed by atoms with Crippen LogP contribution in [0.3, 0.4) is 0 Å². The minimum absolute atomic E-state index is 0.0673. The number of nitrogens with zero attached hydrogens (tertiary/aromatic N) is 1. The second kappa shape index (κ2) is 6.23. The lowest BCUT2D eigenvalue weighted by molar-refractivity contribution is -0.137. The van der Waals surface area contributed by atoms with E-state index in [2.05, 4.69) is 0 Å². The second-order valence-corrected chi connectivity index (χ2v) is 6.57. The molecular formula is C13H19NO5S. The summed E-state index contributed by atoms with van der Waals surface area (Å²) in [5, 5.41) is 8.63. The van der Waals surface area contributed by atoms with Gasteiger partial charge in [0.15, 0.2) is 0 Å². The Balaban J connectivity index is 3.15. The van der Waals surface area contributed by atoms with Gasteiger partial charge in [0.25, 0.3) is 0 Å². The molecule has 6 nitrogen and oxygen atoms in total. The third-order valence-electron chi connectivity index (χ3n) is 3.02. The molecule has 7 heteroatoms. The van der Waals surface area contributed by atoms with Crippen LogP contribution in [0, 0.1) is 13.8 Å². The minimum atomic E-state index is -3.70. The molecule has 112 valence electrons. The fraction of sp³-hybridized carbons (Fsp3) is 0.462. The van der Waals surface area contributed by atoms with Crippen molar-refractivity contribution in [3.63, 3.8) is 0 Å². The maximum Gasteiger partial charge on any atom is 0.304 e. The first-order valence-electron chi connectivity index (χ1n) is 6.03. The van der Waals surface area contributed by atoms with Crippen LogP contribution in [0.4, 0.5) is 0 Å². The van der Waals surface area contributed by atoms with E-state index in [1.165, 1.54) is 14.2 Å². The van der Waals surface area contributed by atoms with E-state index in [1.54, 1.807) is 26.0 Å². The van der Waals surface area contributed by atoms with Crippen LogP contribution >= 0.6 is 0 Å². The average Bonchev–Trinajstić information content (AvgIpc) is 2.37. The summed E-state index contributed by atoms with van der Waals surface area (Å²) >= 11 is 0. The molecule has 0 aromatic heterocycles. The molecule has 0 radical (unpaired) electrons. The van der Waals surface area contributed by atoms with Crippen LogP contribution in [-0.4, -0.2) is 44.5 Å². The number of rotatable bonds is 6. The number of methoxy groups -OCH3 is 1. The van der Waals surface area contributed by atoms with Crippen LogP contribution in [0.2, 0.25) is 0 Å². The largest absolute Gasteiger partial charge is 0.496 e. The molecule has 0 spiro atoms. The molecule has 0 aliphatic heterocycles. The predicted octanol–water partition coefficient (Wildman–Crippen LogP) is 1.41. The number of benzene rings is 1. The lowest BCUT2D eigenvalue weighted by atomic mass is 10.1. The highest BCUT2D eigenvalue weighted by molar-refractivity contribution is 7.89. The summed E-state index contributed by atoms with van der Waals surface area (Å²) in [4.78, 5) is 10.7. The van der Waals surface area contributed by atoms with Crippen molar-refractivity contribution < 1.29 is 23.1 Å². The first-order valence-corrected chi connectivity index (χ1v) is 7.47. The molecule has 0 heterocycles. The number of aryl methyl sites for hydroxylation is 2. The van der Waals surface area contributed by atoms with Crippen molar-refractivity contribution in [2.75, 3.05) is 20.7 Å². The van der Waals surface area contributed by atoms with E-state index in [-0.39, 0.29) is 17.9 Å².